The zero-order valence-corrected chi connectivity index (χ0v) is 10.1. The van der Waals surface area contributed by atoms with Crippen LogP contribution in [0.4, 0.5) is 0 Å². The van der Waals surface area contributed by atoms with E-state index < -0.39 is 17.9 Å². The van der Waals surface area contributed by atoms with Crippen molar-refractivity contribution in [2.24, 2.45) is 11.7 Å². The van der Waals surface area contributed by atoms with Crippen LogP contribution in [0, 0.1) is 5.92 Å². The van der Waals surface area contributed by atoms with Gasteiger partial charge < -0.3 is 20.9 Å². The zero-order valence-electron chi connectivity index (χ0n) is 10.1. The van der Waals surface area contributed by atoms with Gasteiger partial charge in [-0.15, -0.1) is 0 Å². The van der Waals surface area contributed by atoms with Crippen LogP contribution in [0.5, 0.6) is 0 Å². The molecule has 1 rings (SSSR count). The highest BCUT2D eigenvalue weighted by Gasteiger charge is 2.30. The van der Waals surface area contributed by atoms with Crippen LogP contribution in [0.1, 0.15) is 19.3 Å². The van der Waals surface area contributed by atoms with E-state index in [4.69, 9.17) is 15.6 Å². The molecular weight excluding hydrogens is 240 g/mol. The van der Waals surface area contributed by atoms with Crippen LogP contribution in [0.2, 0.25) is 0 Å². The second kappa shape index (κ2) is 7.07. The minimum Gasteiger partial charge on any atom is -0.480 e. The van der Waals surface area contributed by atoms with Crippen LogP contribution in [0.25, 0.3) is 0 Å². The van der Waals surface area contributed by atoms with Crippen LogP contribution >= 0.6 is 0 Å². The lowest BCUT2D eigenvalue weighted by molar-refractivity contribution is -0.140. The van der Waals surface area contributed by atoms with E-state index in [2.05, 4.69) is 5.32 Å². The lowest BCUT2D eigenvalue weighted by Gasteiger charge is -2.10. The van der Waals surface area contributed by atoms with Crippen molar-refractivity contribution in [1.82, 2.24) is 5.32 Å². The molecule has 1 aliphatic carbocycles. The Bertz CT molecular complexity index is 331. The van der Waals surface area contributed by atoms with Crippen molar-refractivity contribution in [3.63, 3.8) is 0 Å². The summed E-state index contributed by atoms with van der Waals surface area (Å²) in [5.74, 6) is -1.94. The molecule has 0 saturated heterocycles. The minimum atomic E-state index is -1.13. The molecular formula is C11H18N2O5. The monoisotopic (exact) mass is 258 g/mol. The SMILES string of the molecule is N[C@@H](COCCNC(=O)[C@@H]1CCCC1=O)C(=O)O. The van der Waals surface area contributed by atoms with E-state index in [0.717, 1.165) is 6.42 Å². The van der Waals surface area contributed by atoms with Crippen LogP contribution in [-0.4, -0.2) is 48.6 Å². The zero-order chi connectivity index (χ0) is 13.5. The number of carbonyl (C=O) groups is 3. The third-order valence-corrected chi connectivity index (χ3v) is 2.78. The van der Waals surface area contributed by atoms with Gasteiger partial charge in [-0.3, -0.25) is 14.4 Å². The topological polar surface area (TPSA) is 119 Å². The molecule has 1 amide bonds. The molecule has 0 radical (unpaired) electrons. The molecule has 0 bridgehead atoms. The van der Waals surface area contributed by atoms with Gasteiger partial charge in [-0.2, -0.15) is 0 Å². The molecule has 0 heterocycles. The molecule has 0 unspecified atom stereocenters. The standard InChI is InChI=1S/C11H18N2O5/c12-8(11(16)17)6-18-5-4-13-10(15)7-2-1-3-9(7)14/h7-8H,1-6,12H2,(H,13,15)(H,16,17)/t7-,8+/m1/s1. The summed E-state index contributed by atoms with van der Waals surface area (Å²) in [7, 11) is 0. The molecule has 0 aromatic rings. The molecule has 4 N–H and O–H groups in total. The maximum Gasteiger partial charge on any atom is 0.322 e. The van der Waals surface area contributed by atoms with Gasteiger partial charge in [-0.05, 0) is 12.8 Å². The fourth-order valence-corrected chi connectivity index (χ4v) is 1.74. The largest absolute Gasteiger partial charge is 0.480 e. The van der Waals surface area contributed by atoms with E-state index in [-0.39, 0.29) is 31.4 Å². The normalized spacial score (nSPS) is 20.7. The first-order chi connectivity index (χ1) is 8.52. The second-order valence-electron chi connectivity index (χ2n) is 4.22. The van der Waals surface area contributed by atoms with Gasteiger partial charge in [0.25, 0.3) is 0 Å². The number of hydrogen-bond donors (Lipinski definition) is 3. The number of rotatable bonds is 7. The molecule has 7 heteroatoms. The van der Waals surface area contributed by atoms with Gasteiger partial charge in [-0.25, -0.2) is 0 Å². The number of carbonyl (C=O) groups excluding carboxylic acids is 2. The summed E-state index contributed by atoms with van der Waals surface area (Å²) in [6, 6.07) is -1.06. The molecule has 0 spiro atoms. The quantitative estimate of drug-likeness (QED) is 0.394. The summed E-state index contributed by atoms with van der Waals surface area (Å²) < 4.78 is 4.99. The lowest BCUT2D eigenvalue weighted by Crippen LogP contribution is -2.37. The van der Waals surface area contributed by atoms with E-state index in [0.29, 0.717) is 12.8 Å². The highest BCUT2D eigenvalue weighted by molar-refractivity contribution is 6.02. The Morgan fingerprint density at radius 2 is 2.28 bits per heavy atom. The number of ether oxygens (including phenoxy) is 1. The van der Waals surface area contributed by atoms with Crippen molar-refractivity contribution >= 4 is 17.7 Å². The van der Waals surface area contributed by atoms with Crippen molar-refractivity contribution in [2.75, 3.05) is 19.8 Å². The van der Waals surface area contributed by atoms with Crippen LogP contribution in [0.3, 0.4) is 0 Å². The summed E-state index contributed by atoms with van der Waals surface area (Å²) in [5, 5.41) is 11.1. The Labute approximate surface area is 105 Å². The molecule has 7 nitrogen and oxygen atoms in total. The Balaban J connectivity index is 2.09. The van der Waals surface area contributed by atoms with Crippen LogP contribution in [0.15, 0.2) is 0 Å². The van der Waals surface area contributed by atoms with Gasteiger partial charge in [0.05, 0.1) is 19.1 Å². The van der Waals surface area contributed by atoms with E-state index >= 15 is 0 Å². The van der Waals surface area contributed by atoms with Crippen molar-refractivity contribution in [1.29, 1.82) is 0 Å². The number of nitrogens with two attached hydrogens (primary N) is 1. The summed E-state index contributed by atoms with van der Waals surface area (Å²) in [6.07, 6.45) is 1.85. The smallest absolute Gasteiger partial charge is 0.322 e. The average molecular weight is 258 g/mol. The van der Waals surface area contributed by atoms with Gasteiger partial charge in [-0.1, -0.05) is 0 Å². The molecule has 0 aromatic heterocycles. The van der Waals surface area contributed by atoms with E-state index in [1.54, 1.807) is 0 Å². The summed E-state index contributed by atoms with van der Waals surface area (Å²) >= 11 is 0. The van der Waals surface area contributed by atoms with E-state index in [1.165, 1.54) is 0 Å². The summed E-state index contributed by atoms with van der Waals surface area (Å²) in [4.78, 5) is 33.2. The summed E-state index contributed by atoms with van der Waals surface area (Å²) in [6.45, 7) is 0.316. The molecule has 1 saturated carbocycles. The predicted octanol–water partition coefficient (Wildman–Crippen LogP) is -1.10. The number of amides is 1. The van der Waals surface area contributed by atoms with E-state index in [9.17, 15) is 14.4 Å². The van der Waals surface area contributed by atoms with E-state index in [1.807, 2.05) is 0 Å². The Morgan fingerprint density at radius 1 is 1.56 bits per heavy atom. The van der Waals surface area contributed by atoms with Crippen molar-refractivity contribution in [2.45, 2.75) is 25.3 Å². The van der Waals surface area contributed by atoms with Crippen LogP contribution in [-0.2, 0) is 19.1 Å². The lowest BCUT2D eigenvalue weighted by atomic mass is 10.1. The highest BCUT2D eigenvalue weighted by atomic mass is 16.5. The van der Waals surface area contributed by atoms with Crippen molar-refractivity contribution in [3.05, 3.63) is 0 Å². The maximum atomic E-state index is 11.6. The molecule has 18 heavy (non-hydrogen) atoms. The Hall–Kier alpha value is -1.47. The Morgan fingerprint density at radius 3 is 2.83 bits per heavy atom. The number of ketones is 1. The van der Waals surface area contributed by atoms with Gasteiger partial charge >= 0.3 is 5.97 Å². The molecule has 1 fully saturated rings. The fourth-order valence-electron chi connectivity index (χ4n) is 1.74. The van der Waals surface area contributed by atoms with Gasteiger partial charge in [0.1, 0.15) is 11.8 Å². The third-order valence-electron chi connectivity index (χ3n) is 2.78. The number of hydrogen-bond acceptors (Lipinski definition) is 5. The minimum absolute atomic E-state index is 0.0127. The van der Waals surface area contributed by atoms with Crippen molar-refractivity contribution < 1.29 is 24.2 Å². The average Bonchev–Trinajstić information content (AvgIpc) is 2.74. The molecule has 0 aliphatic heterocycles. The Kier molecular flexibility index (Phi) is 5.73. The number of carboxylic acids is 1. The van der Waals surface area contributed by atoms with Gasteiger partial charge in [0, 0.05) is 13.0 Å². The number of carboxylic acid groups (broad SMARTS) is 1. The first-order valence-electron chi connectivity index (χ1n) is 5.89. The maximum absolute atomic E-state index is 11.6. The van der Waals surface area contributed by atoms with Crippen LogP contribution < -0.4 is 11.1 Å². The number of aliphatic carboxylic acids is 1. The number of nitrogens with one attached hydrogen (secondary N) is 1. The molecule has 1 aliphatic rings. The van der Waals surface area contributed by atoms with Crippen molar-refractivity contribution in [3.8, 4) is 0 Å². The molecule has 102 valence electrons. The first-order valence-corrected chi connectivity index (χ1v) is 5.89. The summed E-state index contributed by atoms with van der Waals surface area (Å²) in [5.41, 5.74) is 5.22. The van der Waals surface area contributed by atoms with Gasteiger partial charge in [0.2, 0.25) is 5.91 Å². The molecule has 2 atom stereocenters. The predicted molar refractivity (Wildman–Crippen MR) is 61.8 cm³/mol. The fraction of sp³-hybridized carbons (Fsp3) is 0.727. The highest BCUT2D eigenvalue weighted by Crippen LogP contribution is 2.20. The second-order valence-corrected chi connectivity index (χ2v) is 4.22. The number of Topliss-reactive ketones (excluding diaryl/α,β-unsaturated/α-hetero) is 1. The molecule has 0 aromatic carbocycles. The first kappa shape index (κ1) is 14.6. The van der Waals surface area contributed by atoms with Gasteiger partial charge in [0.15, 0.2) is 0 Å². The third kappa shape index (κ3) is 4.42.